The van der Waals surface area contributed by atoms with Gasteiger partial charge in [-0.2, -0.15) is 0 Å². The molecular weight excluding hydrogens is 154 g/mol. The van der Waals surface area contributed by atoms with Gasteiger partial charge in [-0.05, 0) is 12.8 Å². The molecule has 0 bridgehead atoms. The number of hydrogen-bond acceptors (Lipinski definition) is 2. The number of carbonyl (C=O) groups is 1. The van der Waals surface area contributed by atoms with Gasteiger partial charge in [0.15, 0.2) is 0 Å². The van der Waals surface area contributed by atoms with E-state index < -0.39 is 0 Å². The molecule has 0 aromatic carbocycles. The molecule has 4 heteroatoms. The number of carbonyl (C=O) groups excluding carboxylic acids is 1. The van der Waals surface area contributed by atoms with E-state index in [1.165, 1.54) is 0 Å². The number of piperidine rings is 1. The van der Waals surface area contributed by atoms with Crippen LogP contribution in [0.25, 0.3) is 0 Å². The van der Waals surface area contributed by atoms with Gasteiger partial charge in [0.1, 0.15) is 0 Å². The Bertz CT molecular complexity index is 170. The lowest BCUT2D eigenvalue weighted by Gasteiger charge is -2.32. The minimum atomic E-state index is 0.0742. The first-order chi connectivity index (χ1) is 5.61. The van der Waals surface area contributed by atoms with Gasteiger partial charge < -0.3 is 15.5 Å². The van der Waals surface area contributed by atoms with E-state index in [1.54, 1.807) is 19.0 Å². The minimum absolute atomic E-state index is 0.0742. The predicted octanol–water partition coefficient (Wildman–Crippen LogP) is 0.0911. The van der Waals surface area contributed by atoms with Crippen molar-refractivity contribution in [1.29, 1.82) is 0 Å². The standard InChI is InChI=1S/C8H17N3O/c1-10(2)8(12)11-5-3-4-7(9)6-11/h7H,3-6,9H2,1-2H3. The highest BCUT2D eigenvalue weighted by molar-refractivity contribution is 5.73. The second-order valence-corrected chi connectivity index (χ2v) is 3.53. The summed E-state index contributed by atoms with van der Waals surface area (Å²) >= 11 is 0. The van der Waals surface area contributed by atoms with Crippen molar-refractivity contribution < 1.29 is 4.79 Å². The van der Waals surface area contributed by atoms with Gasteiger partial charge in [-0.25, -0.2) is 4.79 Å². The quantitative estimate of drug-likeness (QED) is 0.561. The second-order valence-electron chi connectivity index (χ2n) is 3.53. The monoisotopic (exact) mass is 171 g/mol. The molecule has 1 aliphatic rings. The first-order valence-electron chi connectivity index (χ1n) is 4.33. The molecule has 12 heavy (non-hydrogen) atoms. The summed E-state index contributed by atoms with van der Waals surface area (Å²) in [6.07, 6.45) is 2.07. The van der Waals surface area contributed by atoms with Gasteiger partial charge in [-0.3, -0.25) is 0 Å². The molecule has 1 saturated heterocycles. The predicted molar refractivity (Wildman–Crippen MR) is 47.9 cm³/mol. The zero-order chi connectivity index (χ0) is 9.14. The molecular formula is C8H17N3O. The van der Waals surface area contributed by atoms with E-state index in [9.17, 15) is 4.79 Å². The van der Waals surface area contributed by atoms with Crippen molar-refractivity contribution in [2.45, 2.75) is 18.9 Å². The lowest BCUT2D eigenvalue weighted by Crippen LogP contribution is -2.49. The fraction of sp³-hybridized carbons (Fsp3) is 0.875. The van der Waals surface area contributed by atoms with Crippen LogP contribution in [0.3, 0.4) is 0 Å². The topological polar surface area (TPSA) is 49.6 Å². The van der Waals surface area contributed by atoms with Crippen LogP contribution in [0, 0.1) is 0 Å². The maximum Gasteiger partial charge on any atom is 0.319 e. The zero-order valence-corrected chi connectivity index (χ0v) is 7.79. The third-order valence-electron chi connectivity index (χ3n) is 2.11. The van der Waals surface area contributed by atoms with E-state index in [0.29, 0.717) is 6.54 Å². The molecule has 0 aliphatic carbocycles. The number of rotatable bonds is 0. The Morgan fingerprint density at radius 3 is 2.75 bits per heavy atom. The van der Waals surface area contributed by atoms with Gasteiger partial charge in [-0.1, -0.05) is 0 Å². The lowest BCUT2D eigenvalue weighted by atomic mass is 10.1. The Kier molecular flexibility index (Phi) is 2.92. The summed E-state index contributed by atoms with van der Waals surface area (Å²) in [5.41, 5.74) is 5.75. The maximum absolute atomic E-state index is 11.4. The summed E-state index contributed by atoms with van der Waals surface area (Å²) in [5, 5.41) is 0. The first-order valence-corrected chi connectivity index (χ1v) is 4.33. The Hall–Kier alpha value is -0.770. The van der Waals surface area contributed by atoms with E-state index in [4.69, 9.17) is 5.73 Å². The highest BCUT2D eigenvalue weighted by Gasteiger charge is 2.21. The molecule has 0 saturated carbocycles. The number of urea groups is 1. The summed E-state index contributed by atoms with van der Waals surface area (Å²) < 4.78 is 0. The Balaban J connectivity index is 2.46. The molecule has 1 fully saturated rings. The molecule has 70 valence electrons. The van der Waals surface area contributed by atoms with Crippen molar-refractivity contribution in [3.63, 3.8) is 0 Å². The zero-order valence-electron chi connectivity index (χ0n) is 7.79. The second kappa shape index (κ2) is 3.76. The molecule has 1 aliphatic heterocycles. The van der Waals surface area contributed by atoms with Gasteiger partial charge >= 0.3 is 6.03 Å². The highest BCUT2D eigenvalue weighted by Crippen LogP contribution is 2.09. The van der Waals surface area contributed by atoms with Gasteiger partial charge in [0.05, 0.1) is 0 Å². The van der Waals surface area contributed by atoms with E-state index in [2.05, 4.69) is 0 Å². The smallest absolute Gasteiger partial charge is 0.319 e. The molecule has 1 atom stereocenters. The van der Waals surface area contributed by atoms with Crippen molar-refractivity contribution in [3.8, 4) is 0 Å². The first kappa shape index (κ1) is 9.32. The Morgan fingerprint density at radius 2 is 2.25 bits per heavy atom. The average Bonchev–Trinajstić information content (AvgIpc) is 2.03. The summed E-state index contributed by atoms with van der Waals surface area (Å²) in [4.78, 5) is 14.8. The van der Waals surface area contributed by atoms with E-state index in [-0.39, 0.29) is 12.1 Å². The Labute approximate surface area is 73.3 Å². The summed E-state index contributed by atoms with van der Waals surface area (Å²) in [6.45, 7) is 1.56. The van der Waals surface area contributed by atoms with Gasteiger partial charge in [0.2, 0.25) is 0 Å². The van der Waals surface area contributed by atoms with Crippen molar-refractivity contribution >= 4 is 6.03 Å². The third-order valence-corrected chi connectivity index (χ3v) is 2.11. The molecule has 2 N–H and O–H groups in total. The molecule has 0 aromatic rings. The molecule has 1 heterocycles. The van der Waals surface area contributed by atoms with Crippen LogP contribution < -0.4 is 5.73 Å². The molecule has 1 unspecified atom stereocenters. The van der Waals surface area contributed by atoms with Crippen molar-refractivity contribution in [3.05, 3.63) is 0 Å². The molecule has 0 spiro atoms. The van der Waals surface area contributed by atoms with E-state index >= 15 is 0 Å². The molecule has 2 amide bonds. The normalized spacial score (nSPS) is 23.9. The van der Waals surface area contributed by atoms with Gasteiger partial charge in [0.25, 0.3) is 0 Å². The van der Waals surface area contributed by atoms with Crippen LogP contribution in [0.4, 0.5) is 4.79 Å². The van der Waals surface area contributed by atoms with E-state index in [1.807, 2.05) is 4.90 Å². The number of nitrogens with zero attached hydrogens (tertiary/aromatic N) is 2. The molecule has 4 nitrogen and oxygen atoms in total. The molecule has 0 aromatic heterocycles. The largest absolute Gasteiger partial charge is 0.331 e. The lowest BCUT2D eigenvalue weighted by molar-refractivity contribution is 0.155. The number of nitrogens with two attached hydrogens (primary N) is 1. The average molecular weight is 171 g/mol. The van der Waals surface area contributed by atoms with Gasteiger partial charge in [0, 0.05) is 33.2 Å². The molecule has 1 rings (SSSR count). The van der Waals surface area contributed by atoms with Crippen molar-refractivity contribution in [2.75, 3.05) is 27.2 Å². The van der Waals surface area contributed by atoms with Crippen LogP contribution >= 0.6 is 0 Å². The minimum Gasteiger partial charge on any atom is -0.331 e. The SMILES string of the molecule is CN(C)C(=O)N1CCCC(N)C1. The Morgan fingerprint density at radius 1 is 1.58 bits per heavy atom. The van der Waals surface area contributed by atoms with Crippen LogP contribution in [0.5, 0.6) is 0 Å². The van der Waals surface area contributed by atoms with Crippen LogP contribution in [0.2, 0.25) is 0 Å². The van der Waals surface area contributed by atoms with Crippen LogP contribution in [-0.2, 0) is 0 Å². The van der Waals surface area contributed by atoms with Crippen molar-refractivity contribution in [1.82, 2.24) is 9.80 Å². The van der Waals surface area contributed by atoms with Crippen LogP contribution in [-0.4, -0.2) is 49.1 Å². The third kappa shape index (κ3) is 2.11. The summed E-state index contributed by atoms with van der Waals surface area (Å²) in [5.74, 6) is 0. The molecule has 0 radical (unpaired) electrons. The number of amides is 2. The highest BCUT2D eigenvalue weighted by atomic mass is 16.2. The fourth-order valence-corrected chi connectivity index (χ4v) is 1.47. The number of likely N-dealkylation sites (tertiary alicyclic amines) is 1. The van der Waals surface area contributed by atoms with Crippen LogP contribution in [0.15, 0.2) is 0 Å². The number of hydrogen-bond donors (Lipinski definition) is 1. The van der Waals surface area contributed by atoms with Crippen LogP contribution in [0.1, 0.15) is 12.8 Å². The fourth-order valence-electron chi connectivity index (χ4n) is 1.47. The maximum atomic E-state index is 11.4. The summed E-state index contributed by atoms with van der Waals surface area (Å²) in [7, 11) is 3.53. The summed E-state index contributed by atoms with van der Waals surface area (Å²) in [6, 6.07) is 0.243. The van der Waals surface area contributed by atoms with Crippen molar-refractivity contribution in [2.24, 2.45) is 5.73 Å². The van der Waals surface area contributed by atoms with E-state index in [0.717, 1.165) is 19.4 Å². The van der Waals surface area contributed by atoms with Gasteiger partial charge in [-0.15, -0.1) is 0 Å².